The van der Waals surface area contributed by atoms with E-state index in [-0.39, 0.29) is 18.0 Å². The van der Waals surface area contributed by atoms with Crippen LogP contribution >= 0.6 is 0 Å². The number of hydrogen-bond acceptors (Lipinski definition) is 3. The highest BCUT2D eigenvalue weighted by atomic mass is 16.5. The standard InChI is InChI=1S/C14H17N3O3/c18-13-7-9-6-10(3-4-12(9)17-13)16-14(19)15-8-11-2-1-5-20-11/h3-4,6,11H,1-2,5,7-8H2,(H,17,18)(H2,15,16,19)/t11-/m0/s1. The predicted octanol–water partition coefficient (Wildman–Crippen LogP) is 1.48. The smallest absolute Gasteiger partial charge is 0.319 e. The SMILES string of the molecule is O=C1Cc2cc(NC(=O)NC[C@@H]3CCCO3)ccc2N1. The molecular formula is C14H17N3O3. The first kappa shape index (κ1) is 12.9. The maximum absolute atomic E-state index is 11.8. The second-order valence-corrected chi connectivity index (χ2v) is 5.07. The average Bonchev–Trinajstić information content (AvgIpc) is 3.04. The van der Waals surface area contributed by atoms with Crippen molar-refractivity contribution >= 4 is 23.3 Å². The van der Waals surface area contributed by atoms with Crippen LogP contribution in [0.5, 0.6) is 0 Å². The van der Waals surface area contributed by atoms with E-state index in [2.05, 4.69) is 16.0 Å². The third-order valence-corrected chi connectivity index (χ3v) is 3.50. The van der Waals surface area contributed by atoms with Crippen LogP contribution in [0.15, 0.2) is 18.2 Å². The summed E-state index contributed by atoms with van der Waals surface area (Å²) in [5, 5.41) is 8.31. The number of carbonyl (C=O) groups is 2. The van der Waals surface area contributed by atoms with Crippen molar-refractivity contribution in [2.24, 2.45) is 0 Å². The van der Waals surface area contributed by atoms with Gasteiger partial charge < -0.3 is 20.7 Å². The summed E-state index contributed by atoms with van der Waals surface area (Å²) in [5.74, 6) is -0.0139. The molecule has 106 valence electrons. The molecule has 6 heteroatoms. The number of ether oxygens (including phenoxy) is 1. The summed E-state index contributed by atoms with van der Waals surface area (Å²) in [5.41, 5.74) is 2.41. The number of benzene rings is 1. The lowest BCUT2D eigenvalue weighted by Gasteiger charge is -2.12. The quantitative estimate of drug-likeness (QED) is 0.781. The van der Waals surface area contributed by atoms with Gasteiger partial charge in [0.2, 0.25) is 5.91 Å². The summed E-state index contributed by atoms with van der Waals surface area (Å²) in [4.78, 5) is 23.0. The van der Waals surface area contributed by atoms with E-state index in [9.17, 15) is 9.59 Å². The van der Waals surface area contributed by atoms with Gasteiger partial charge in [0.25, 0.3) is 0 Å². The van der Waals surface area contributed by atoms with Crippen molar-refractivity contribution in [3.63, 3.8) is 0 Å². The number of anilines is 2. The Morgan fingerprint density at radius 3 is 3.15 bits per heavy atom. The molecule has 0 unspecified atom stereocenters. The predicted molar refractivity (Wildman–Crippen MR) is 74.8 cm³/mol. The summed E-state index contributed by atoms with van der Waals surface area (Å²) in [6.07, 6.45) is 2.54. The molecule has 1 atom stereocenters. The van der Waals surface area contributed by atoms with Gasteiger partial charge in [-0.15, -0.1) is 0 Å². The van der Waals surface area contributed by atoms with Gasteiger partial charge in [-0.1, -0.05) is 0 Å². The summed E-state index contributed by atoms with van der Waals surface area (Å²) in [6, 6.07) is 5.14. The highest BCUT2D eigenvalue weighted by Crippen LogP contribution is 2.25. The highest BCUT2D eigenvalue weighted by molar-refractivity contribution is 6.00. The van der Waals surface area contributed by atoms with E-state index >= 15 is 0 Å². The van der Waals surface area contributed by atoms with Crippen LogP contribution in [0, 0.1) is 0 Å². The van der Waals surface area contributed by atoms with E-state index in [0.29, 0.717) is 18.7 Å². The highest BCUT2D eigenvalue weighted by Gasteiger charge is 2.18. The van der Waals surface area contributed by atoms with Gasteiger partial charge in [0, 0.05) is 24.5 Å². The normalized spacial score (nSPS) is 20.4. The van der Waals surface area contributed by atoms with Crippen LogP contribution < -0.4 is 16.0 Å². The molecule has 0 radical (unpaired) electrons. The topological polar surface area (TPSA) is 79.5 Å². The third kappa shape index (κ3) is 2.91. The van der Waals surface area contributed by atoms with Crippen LogP contribution in [0.1, 0.15) is 18.4 Å². The summed E-state index contributed by atoms with van der Waals surface area (Å²) in [6.45, 7) is 1.30. The Morgan fingerprint density at radius 1 is 1.45 bits per heavy atom. The van der Waals surface area contributed by atoms with Gasteiger partial charge in [-0.2, -0.15) is 0 Å². The zero-order valence-corrected chi connectivity index (χ0v) is 11.1. The lowest BCUT2D eigenvalue weighted by molar-refractivity contribution is -0.115. The molecule has 1 saturated heterocycles. The molecule has 0 saturated carbocycles. The summed E-state index contributed by atoms with van der Waals surface area (Å²) >= 11 is 0. The van der Waals surface area contributed by atoms with E-state index in [4.69, 9.17) is 4.74 Å². The molecule has 0 aromatic heterocycles. The van der Waals surface area contributed by atoms with Crippen LogP contribution in [-0.2, 0) is 16.0 Å². The zero-order chi connectivity index (χ0) is 13.9. The number of carbonyl (C=O) groups excluding carboxylic acids is 2. The maximum Gasteiger partial charge on any atom is 0.319 e. The number of urea groups is 1. The largest absolute Gasteiger partial charge is 0.376 e. The van der Waals surface area contributed by atoms with E-state index in [0.717, 1.165) is 30.7 Å². The molecular weight excluding hydrogens is 258 g/mol. The molecule has 3 N–H and O–H groups in total. The number of nitrogens with one attached hydrogen (secondary N) is 3. The summed E-state index contributed by atoms with van der Waals surface area (Å²) in [7, 11) is 0. The average molecular weight is 275 g/mol. The van der Waals surface area contributed by atoms with Crippen LogP contribution in [0.3, 0.4) is 0 Å². The van der Waals surface area contributed by atoms with Crippen LogP contribution in [0.2, 0.25) is 0 Å². The van der Waals surface area contributed by atoms with Crippen molar-refractivity contribution in [2.45, 2.75) is 25.4 Å². The molecule has 2 heterocycles. The van der Waals surface area contributed by atoms with Gasteiger partial charge in [-0.3, -0.25) is 4.79 Å². The fraction of sp³-hybridized carbons (Fsp3) is 0.429. The van der Waals surface area contributed by atoms with Crippen molar-refractivity contribution < 1.29 is 14.3 Å². The van der Waals surface area contributed by atoms with Gasteiger partial charge in [0.15, 0.2) is 0 Å². The van der Waals surface area contributed by atoms with E-state index in [1.807, 2.05) is 6.07 Å². The molecule has 1 aromatic rings. The Kier molecular flexibility index (Phi) is 3.56. The van der Waals surface area contributed by atoms with Gasteiger partial charge in [-0.05, 0) is 36.6 Å². The molecule has 0 bridgehead atoms. The van der Waals surface area contributed by atoms with E-state index in [1.165, 1.54) is 0 Å². The molecule has 3 amide bonds. The Morgan fingerprint density at radius 2 is 2.35 bits per heavy atom. The molecule has 0 aliphatic carbocycles. The molecule has 1 aromatic carbocycles. The Balaban J connectivity index is 1.53. The number of hydrogen-bond donors (Lipinski definition) is 3. The fourth-order valence-electron chi connectivity index (χ4n) is 2.49. The molecule has 2 aliphatic rings. The lowest BCUT2D eigenvalue weighted by atomic mass is 10.1. The number of fused-ring (bicyclic) bond motifs is 1. The van der Waals surface area contributed by atoms with Crippen molar-refractivity contribution in [1.82, 2.24) is 5.32 Å². The summed E-state index contributed by atoms with van der Waals surface area (Å²) < 4.78 is 5.44. The van der Waals surface area contributed by atoms with Gasteiger partial charge >= 0.3 is 6.03 Å². The minimum absolute atomic E-state index is 0.0139. The second kappa shape index (κ2) is 5.50. The third-order valence-electron chi connectivity index (χ3n) is 3.50. The number of rotatable bonds is 3. The molecule has 2 aliphatic heterocycles. The first-order valence-corrected chi connectivity index (χ1v) is 6.80. The monoisotopic (exact) mass is 275 g/mol. The Bertz CT molecular complexity index is 538. The van der Waals surface area contributed by atoms with Gasteiger partial charge in [-0.25, -0.2) is 4.79 Å². The van der Waals surface area contributed by atoms with E-state index in [1.54, 1.807) is 12.1 Å². The van der Waals surface area contributed by atoms with Crippen LogP contribution in [0.4, 0.5) is 16.2 Å². The van der Waals surface area contributed by atoms with E-state index < -0.39 is 0 Å². The van der Waals surface area contributed by atoms with Crippen LogP contribution in [0.25, 0.3) is 0 Å². The fourth-order valence-corrected chi connectivity index (χ4v) is 2.49. The molecule has 3 rings (SSSR count). The number of amides is 3. The lowest BCUT2D eigenvalue weighted by Crippen LogP contribution is -2.35. The molecule has 0 spiro atoms. The van der Waals surface area contributed by atoms with Crippen LogP contribution in [-0.4, -0.2) is 31.2 Å². The second-order valence-electron chi connectivity index (χ2n) is 5.07. The van der Waals surface area contributed by atoms with Crippen molar-refractivity contribution in [2.75, 3.05) is 23.8 Å². The minimum atomic E-state index is -0.252. The Labute approximate surface area is 116 Å². The minimum Gasteiger partial charge on any atom is -0.376 e. The molecule has 6 nitrogen and oxygen atoms in total. The Hall–Kier alpha value is -2.08. The maximum atomic E-state index is 11.8. The van der Waals surface area contributed by atoms with Crippen molar-refractivity contribution in [3.8, 4) is 0 Å². The first-order valence-electron chi connectivity index (χ1n) is 6.80. The van der Waals surface area contributed by atoms with Crippen molar-refractivity contribution in [1.29, 1.82) is 0 Å². The van der Waals surface area contributed by atoms with Gasteiger partial charge in [0.1, 0.15) is 0 Å². The molecule has 1 fully saturated rings. The first-order chi connectivity index (χ1) is 9.70. The van der Waals surface area contributed by atoms with Gasteiger partial charge in [0.05, 0.1) is 12.5 Å². The van der Waals surface area contributed by atoms with Crippen molar-refractivity contribution in [3.05, 3.63) is 23.8 Å². The molecule has 20 heavy (non-hydrogen) atoms. The zero-order valence-electron chi connectivity index (χ0n) is 11.1.